The second-order valence-electron chi connectivity index (χ2n) is 8.45. The van der Waals surface area contributed by atoms with Crippen LogP contribution in [0.25, 0.3) is 21.9 Å². The normalized spacial score (nSPS) is 11.9. The molecule has 6 aromatic rings. The molecule has 182 valence electrons. The molecule has 0 aliphatic carbocycles. The molecule has 0 aliphatic heterocycles. The van der Waals surface area contributed by atoms with Gasteiger partial charge in [0.15, 0.2) is 16.4 Å². The lowest BCUT2D eigenvalue weighted by atomic mass is 10.1. The summed E-state index contributed by atoms with van der Waals surface area (Å²) in [5, 5.41) is 13.4. The summed E-state index contributed by atoms with van der Waals surface area (Å²) < 4.78 is 5.24. The van der Waals surface area contributed by atoms with E-state index in [1.807, 2.05) is 60.3 Å². The minimum Gasteiger partial charge on any atom is -0.381 e. The maximum Gasteiger partial charge on any atom is 0.259 e. The first-order valence-corrected chi connectivity index (χ1v) is 12.3. The molecule has 1 aromatic carbocycles. The van der Waals surface area contributed by atoms with Gasteiger partial charge < -0.3 is 11.1 Å². The van der Waals surface area contributed by atoms with Crippen molar-refractivity contribution in [3.63, 3.8) is 0 Å². The lowest BCUT2D eigenvalue weighted by Gasteiger charge is -2.14. The van der Waals surface area contributed by atoms with Crippen LogP contribution in [0.5, 0.6) is 0 Å². The van der Waals surface area contributed by atoms with Crippen LogP contribution in [0.2, 0.25) is 0 Å². The molecule has 1 atom stereocenters. The lowest BCUT2D eigenvalue weighted by Crippen LogP contribution is -2.28. The first kappa shape index (κ1) is 22.5. The summed E-state index contributed by atoms with van der Waals surface area (Å²) in [5.41, 5.74) is 10.9. The van der Waals surface area contributed by atoms with Crippen LogP contribution in [0.4, 0.5) is 5.82 Å². The third kappa shape index (κ3) is 3.99. The third-order valence-electron chi connectivity index (χ3n) is 5.88. The van der Waals surface area contributed by atoms with Crippen molar-refractivity contribution in [2.75, 3.05) is 5.73 Å². The highest BCUT2D eigenvalue weighted by Gasteiger charge is 2.26. The molecular formula is C26H21N9OS. The maximum atomic E-state index is 13.3. The number of aryl methyl sites for hydroxylation is 1. The smallest absolute Gasteiger partial charge is 0.259 e. The molecule has 10 nitrogen and oxygen atoms in total. The number of imidazole rings is 1. The molecule has 1 amide bonds. The Morgan fingerprint density at radius 2 is 2.03 bits per heavy atom. The van der Waals surface area contributed by atoms with E-state index in [0.29, 0.717) is 5.65 Å². The van der Waals surface area contributed by atoms with Gasteiger partial charge in [-0.3, -0.25) is 13.9 Å². The lowest BCUT2D eigenvalue weighted by molar-refractivity contribution is 0.0941. The average Bonchev–Trinajstić information content (AvgIpc) is 3.65. The van der Waals surface area contributed by atoms with Gasteiger partial charge in [-0.15, -0.1) is 16.4 Å². The van der Waals surface area contributed by atoms with Crippen molar-refractivity contribution in [3.05, 3.63) is 89.1 Å². The maximum absolute atomic E-state index is 13.3. The summed E-state index contributed by atoms with van der Waals surface area (Å²) in [4.78, 5) is 23.3. The standard InChI is InChI=1S/C26H21N9OS/c1-16(30-25(36)20-23(27)32-34-12-6-11-28-24(20)34)21-22(18-7-4-3-5-8-18)35-19(15-37-26(35)31-21)10-9-17-13-29-33(2)14-17/h3-8,11-16H,1-2H3,(H2,27,32)(H,30,36). The van der Waals surface area contributed by atoms with Crippen molar-refractivity contribution in [2.45, 2.75) is 13.0 Å². The number of nitrogens with zero attached hydrogens (tertiary/aromatic N) is 7. The monoisotopic (exact) mass is 507 g/mol. The highest BCUT2D eigenvalue weighted by Crippen LogP contribution is 2.33. The molecule has 0 fully saturated rings. The fourth-order valence-corrected chi connectivity index (χ4v) is 5.05. The van der Waals surface area contributed by atoms with Crippen LogP contribution >= 0.6 is 11.3 Å². The van der Waals surface area contributed by atoms with Crippen molar-refractivity contribution >= 4 is 33.7 Å². The van der Waals surface area contributed by atoms with E-state index in [4.69, 9.17) is 10.7 Å². The topological polar surface area (TPSA) is 120 Å². The minimum absolute atomic E-state index is 0.116. The van der Waals surface area contributed by atoms with Crippen LogP contribution in [0.1, 0.15) is 40.3 Å². The van der Waals surface area contributed by atoms with Gasteiger partial charge in [-0.25, -0.2) is 14.5 Å². The Kier molecular flexibility index (Phi) is 5.43. The molecule has 0 bridgehead atoms. The molecular weight excluding hydrogens is 486 g/mol. The van der Waals surface area contributed by atoms with Gasteiger partial charge in [-0.1, -0.05) is 36.3 Å². The highest BCUT2D eigenvalue weighted by atomic mass is 32.1. The number of nitrogens with two attached hydrogens (primary N) is 1. The summed E-state index contributed by atoms with van der Waals surface area (Å²) in [6, 6.07) is 11.2. The van der Waals surface area contributed by atoms with Gasteiger partial charge in [-0.05, 0) is 18.9 Å². The van der Waals surface area contributed by atoms with Gasteiger partial charge >= 0.3 is 0 Å². The summed E-state index contributed by atoms with van der Waals surface area (Å²) in [6.45, 7) is 1.90. The van der Waals surface area contributed by atoms with E-state index in [-0.39, 0.29) is 17.3 Å². The van der Waals surface area contributed by atoms with Gasteiger partial charge in [0.1, 0.15) is 11.3 Å². The molecule has 0 saturated carbocycles. The van der Waals surface area contributed by atoms with E-state index < -0.39 is 6.04 Å². The van der Waals surface area contributed by atoms with Crippen LogP contribution in [0.15, 0.2) is 66.6 Å². The van der Waals surface area contributed by atoms with E-state index in [1.54, 1.807) is 29.3 Å². The Labute approximate surface area is 215 Å². The Hall–Kier alpha value is -4.95. The number of rotatable bonds is 4. The van der Waals surface area contributed by atoms with Crippen LogP contribution in [-0.4, -0.2) is 39.7 Å². The Balaban J connectivity index is 1.42. The van der Waals surface area contributed by atoms with Gasteiger partial charge in [-0.2, -0.15) is 5.10 Å². The van der Waals surface area contributed by atoms with Crippen molar-refractivity contribution in [1.29, 1.82) is 0 Å². The number of thiazole rings is 1. The zero-order valence-electron chi connectivity index (χ0n) is 20.0. The SMILES string of the molecule is CC(NC(=O)c1c(N)nn2cccnc12)c1nc2scc(C#Cc3cnn(C)c3)n2c1-c1ccccc1. The zero-order chi connectivity index (χ0) is 25.5. The zero-order valence-corrected chi connectivity index (χ0v) is 20.8. The summed E-state index contributed by atoms with van der Waals surface area (Å²) in [7, 11) is 1.86. The molecule has 0 saturated heterocycles. The molecule has 0 aliphatic rings. The van der Waals surface area contributed by atoms with Crippen molar-refractivity contribution in [1.82, 2.24) is 39.1 Å². The van der Waals surface area contributed by atoms with Crippen molar-refractivity contribution in [3.8, 4) is 23.1 Å². The van der Waals surface area contributed by atoms with E-state index >= 15 is 0 Å². The molecule has 5 aromatic heterocycles. The van der Waals surface area contributed by atoms with Crippen molar-refractivity contribution < 1.29 is 4.79 Å². The van der Waals surface area contributed by atoms with Crippen LogP contribution < -0.4 is 11.1 Å². The van der Waals surface area contributed by atoms with E-state index in [1.165, 1.54) is 15.9 Å². The number of anilines is 1. The van der Waals surface area contributed by atoms with E-state index in [2.05, 4.69) is 32.3 Å². The van der Waals surface area contributed by atoms with Crippen molar-refractivity contribution in [2.24, 2.45) is 7.05 Å². The Morgan fingerprint density at radius 1 is 1.19 bits per heavy atom. The number of amides is 1. The number of carbonyl (C=O) groups excluding carboxylic acids is 1. The first-order valence-electron chi connectivity index (χ1n) is 11.4. The number of hydrogen-bond acceptors (Lipinski definition) is 7. The summed E-state index contributed by atoms with van der Waals surface area (Å²) in [6.07, 6.45) is 6.89. The number of carbonyl (C=O) groups is 1. The van der Waals surface area contributed by atoms with Gasteiger partial charge in [0.2, 0.25) is 0 Å². The predicted molar refractivity (Wildman–Crippen MR) is 141 cm³/mol. The number of aromatic nitrogens is 7. The van der Waals surface area contributed by atoms with Gasteiger partial charge in [0, 0.05) is 36.6 Å². The van der Waals surface area contributed by atoms with Crippen LogP contribution in [-0.2, 0) is 7.05 Å². The molecule has 5 heterocycles. The minimum atomic E-state index is -0.438. The second kappa shape index (κ2) is 8.92. The quantitative estimate of drug-likeness (QED) is 0.353. The van der Waals surface area contributed by atoms with Gasteiger partial charge in [0.05, 0.1) is 29.2 Å². The second-order valence-corrected chi connectivity index (χ2v) is 9.28. The molecule has 3 N–H and O–H groups in total. The fraction of sp³-hybridized carbons (Fsp3) is 0.115. The van der Waals surface area contributed by atoms with Crippen LogP contribution in [0, 0.1) is 11.8 Å². The highest BCUT2D eigenvalue weighted by molar-refractivity contribution is 7.15. The van der Waals surface area contributed by atoms with Gasteiger partial charge in [0.25, 0.3) is 5.91 Å². The number of benzene rings is 1. The number of nitrogen functional groups attached to an aromatic ring is 1. The largest absolute Gasteiger partial charge is 0.381 e. The molecule has 1 unspecified atom stereocenters. The average molecular weight is 508 g/mol. The summed E-state index contributed by atoms with van der Waals surface area (Å²) in [5.74, 6) is 6.18. The molecule has 0 radical (unpaired) electrons. The molecule has 37 heavy (non-hydrogen) atoms. The summed E-state index contributed by atoms with van der Waals surface area (Å²) >= 11 is 1.49. The Bertz CT molecular complexity index is 1830. The van der Waals surface area contributed by atoms with Crippen LogP contribution in [0.3, 0.4) is 0 Å². The first-order chi connectivity index (χ1) is 18.0. The molecule has 11 heteroatoms. The number of hydrogen-bond donors (Lipinski definition) is 2. The van der Waals surface area contributed by atoms with E-state index in [0.717, 1.165) is 33.2 Å². The predicted octanol–water partition coefficient (Wildman–Crippen LogP) is 3.31. The molecule has 0 spiro atoms. The van der Waals surface area contributed by atoms with E-state index in [9.17, 15) is 4.79 Å². The number of fused-ring (bicyclic) bond motifs is 2. The Morgan fingerprint density at radius 3 is 2.81 bits per heavy atom. The number of nitrogens with one attached hydrogen (secondary N) is 1. The molecule has 6 rings (SSSR count). The third-order valence-corrected chi connectivity index (χ3v) is 6.71. The fourth-order valence-electron chi connectivity index (χ4n) is 4.22.